The van der Waals surface area contributed by atoms with Gasteiger partial charge in [-0.05, 0) is 39.2 Å². The highest BCUT2D eigenvalue weighted by atomic mass is 16.6. The summed E-state index contributed by atoms with van der Waals surface area (Å²) in [5, 5.41) is 18.6. The molecular formula is C21H27N5O4. The molecule has 0 radical (unpaired) electrons. The number of nitro groups is 1. The highest BCUT2D eigenvalue weighted by Crippen LogP contribution is 2.39. The molecule has 3 rings (SSSR count). The number of hydrogen-bond donors (Lipinski definition) is 2. The molecule has 1 aliphatic rings. The fourth-order valence-corrected chi connectivity index (χ4v) is 3.76. The third-order valence-electron chi connectivity index (χ3n) is 5.48. The van der Waals surface area contributed by atoms with E-state index in [-0.39, 0.29) is 23.7 Å². The molecule has 0 unspecified atom stereocenters. The van der Waals surface area contributed by atoms with E-state index in [2.05, 4.69) is 29.5 Å². The molecule has 0 spiro atoms. The number of anilines is 1. The second-order valence-electron chi connectivity index (χ2n) is 7.31. The van der Waals surface area contributed by atoms with Gasteiger partial charge in [0.15, 0.2) is 0 Å². The Morgan fingerprint density at radius 2 is 1.90 bits per heavy atom. The fraction of sp³-hybridized carbons (Fsp3) is 0.429. The zero-order valence-corrected chi connectivity index (χ0v) is 17.5. The molecule has 0 saturated carbocycles. The SMILES string of the molecule is CCN(C)CCCNCCN1C(=O)c2cccc3c(NC)c([N+](=O)[O-])cc(c23)C1=O. The van der Waals surface area contributed by atoms with Gasteiger partial charge in [0.05, 0.1) is 10.5 Å². The van der Waals surface area contributed by atoms with Crippen LogP contribution in [0.25, 0.3) is 10.8 Å². The Bertz CT molecular complexity index is 991. The molecule has 0 fully saturated rings. The molecule has 2 aromatic rings. The minimum Gasteiger partial charge on any atom is -0.382 e. The number of amides is 2. The monoisotopic (exact) mass is 413 g/mol. The van der Waals surface area contributed by atoms with Gasteiger partial charge in [-0.1, -0.05) is 19.1 Å². The fourth-order valence-electron chi connectivity index (χ4n) is 3.76. The summed E-state index contributed by atoms with van der Waals surface area (Å²) in [6.07, 6.45) is 0.966. The van der Waals surface area contributed by atoms with Crippen molar-refractivity contribution in [2.45, 2.75) is 13.3 Å². The van der Waals surface area contributed by atoms with Gasteiger partial charge >= 0.3 is 0 Å². The lowest BCUT2D eigenvalue weighted by Crippen LogP contribution is -2.44. The minimum absolute atomic E-state index is 0.182. The molecule has 160 valence electrons. The van der Waals surface area contributed by atoms with Gasteiger partial charge in [0.1, 0.15) is 5.69 Å². The van der Waals surface area contributed by atoms with E-state index in [9.17, 15) is 19.7 Å². The number of carbonyl (C=O) groups excluding carboxylic acids is 2. The van der Waals surface area contributed by atoms with E-state index >= 15 is 0 Å². The second kappa shape index (κ2) is 9.19. The Morgan fingerprint density at radius 3 is 2.57 bits per heavy atom. The standard InChI is InChI=1S/C21H27N5O4/c1-4-24(3)11-6-9-23-10-12-25-20(27)15-8-5-7-14-18(15)16(21(25)28)13-17(26(29)30)19(14)22-2/h5,7-8,13,22-23H,4,6,9-12H2,1-3H3. The first kappa shape index (κ1) is 21.7. The zero-order chi connectivity index (χ0) is 21.8. The Morgan fingerprint density at radius 1 is 1.17 bits per heavy atom. The molecule has 30 heavy (non-hydrogen) atoms. The van der Waals surface area contributed by atoms with Crippen LogP contribution in [0.3, 0.4) is 0 Å². The zero-order valence-electron chi connectivity index (χ0n) is 17.5. The Kier molecular flexibility index (Phi) is 6.63. The quantitative estimate of drug-likeness (QED) is 0.266. The first-order chi connectivity index (χ1) is 14.4. The van der Waals surface area contributed by atoms with Crippen LogP contribution in [0.5, 0.6) is 0 Å². The summed E-state index contributed by atoms with van der Waals surface area (Å²) in [7, 11) is 3.64. The van der Waals surface area contributed by atoms with E-state index < -0.39 is 10.8 Å². The van der Waals surface area contributed by atoms with Crippen molar-refractivity contribution in [1.82, 2.24) is 15.1 Å². The van der Waals surface area contributed by atoms with Gasteiger partial charge in [0.2, 0.25) is 0 Å². The van der Waals surface area contributed by atoms with Crippen LogP contribution in [0, 0.1) is 10.1 Å². The third kappa shape index (κ3) is 3.99. The van der Waals surface area contributed by atoms with Crippen LogP contribution in [0.4, 0.5) is 11.4 Å². The van der Waals surface area contributed by atoms with E-state index in [0.717, 1.165) is 26.1 Å². The molecule has 2 N–H and O–H groups in total. The summed E-state index contributed by atoms with van der Waals surface area (Å²) < 4.78 is 0. The van der Waals surface area contributed by atoms with E-state index in [0.29, 0.717) is 28.6 Å². The molecule has 9 nitrogen and oxygen atoms in total. The van der Waals surface area contributed by atoms with Crippen molar-refractivity contribution in [2.75, 3.05) is 52.1 Å². The Balaban J connectivity index is 1.83. The van der Waals surface area contributed by atoms with Crippen molar-refractivity contribution in [1.29, 1.82) is 0 Å². The number of imide groups is 1. The molecule has 1 heterocycles. The topological polar surface area (TPSA) is 108 Å². The lowest BCUT2D eigenvalue weighted by atomic mass is 9.92. The normalized spacial score (nSPS) is 13.4. The van der Waals surface area contributed by atoms with Gasteiger partial charge < -0.3 is 15.5 Å². The number of rotatable bonds is 10. The van der Waals surface area contributed by atoms with Crippen LogP contribution >= 0.6 is 0 Å². The molecule has 0 aliphatic carbocycles. The van der Waals surface area contributed by atoms with Gasteiger partial charge in [-0.25, -0.2) is 0 Å². The van der Waals surface area contributed by atoms with E-state index in [4.69, 9.17) is 0 Å². The third-order valence-corrected chi connectivity index (χ3v) is 5.48. The van der Waals surface area contributed by atoms with E-state index in [1.54, 1.807) is 25.2 Å². The van der Waals surface area contributed by atoms with Crippen molar-refractivity contribution in [2.24, 2.45) is 0 Å². The van der Waals surface area contributed by atoms with Crippen LogP contribution in [0.1, 0.15) is 34.1 Å². The van der Waals surface area contributed by atoms with Crippen molar-refractivity contribution >= 4 is 34.0 Å². The minimum atomic E-state index is -0.516. The summed E-state index contributed by atoms with van der Waals surface area (Å²) in [6, 6.07) is 6.30. The average Bonchev–Trinajstić information content (AvgIpc) is 2.74. The highest BCUT2D eigenvalue weighted by molar-refractivity contribution is 6.27. The first-order valence-electron chi connectivity index (χ1n) is 10.1. The van der Waals surface area contributed by atoms with E-state index in [1.807, 2.05) is 0 Å². The maximum absolute atomic E-state index is 13.1. The molecule has 2 aromatic carbocycles. The maximum Gasteiger partial charge on any atom is 0.293 e. The van der Waals surface area contributed by atoms with Crippen LogP contribution in [-0.4, -0.2) is 73.4 Å². The van der Waals surface area contributed by atoms with Crippen LogP contribution in [0.15, 0.2) is 24.3 Å². The lowest BCUT2D eigenvalue weighted by Gasteiger charge is -2.28. The van der Waals surface area contributed by atoms with Gasteiger partial charge in [0.25, 0.3) is 17.5 Å². The molecule has 1 aliphatic heterocycles. The summed E-state index contributed by atoms with van der Waals surface area (Å²) in [5.74, 6) is -0.872. The van der Waals surface area contributed by atoms with Crippen molar-refractivity contribution in [3.05, 3.63) is 45.5 Å². The summed E-state index contributed by atoms with van der Waals surface area (Å²) >= 11 is 0. The molecule has 0 saturated heterocycles. The number of hydrogen-bond acceptors (Lipinski definition) is 7. The van der Waals surface area contributed by atoms with Crippen LogP contribution in [0.2, 0.25) is 0 Å². The Hall–Kier alpha value is -3.04. The summed E-state index contributed by atoms with van der Waals surface area (Å²) in [5.41, 5.74) is 0.694. The number of nitro benzene ring substituents is 1. The highest BCUT2D eigenvalue weighted by Gasteiger charge is 2.35. The lowest BCUT2D eigenvalue weighted by molar-refractivity contribution is -0.383. The smallest absolute Gasteiger partial charge is 0.293 e. The summed E-state index contributed by atoms with van der Waals surface area (Å²) in [4.78, 5) is 40.5. The number of carbonyl (C=O) groups is 2. The molecule has 9 heteroatoms. The van der Waals surface area contributed by atoms with E-state index in [1.165, 1.54) is 11.0 Å². The largest absolute Gasteiger partial charge is 0.382 e. The molecular weight excluding hydrogens is 386 g/mol. The molecule has 0 atom stereocenters. The number of nitrogens with one attached hydrogen (secondary N) is 2. The number of benzene rings is 2. The molecule has 2 amide bonds. The summed E-state index contributed by atoms with van der Waals surface area (Å²) in [6.45, 7) is 5.52. The van der Waals surface area contributed by atoms with Gasteiger partial charge in [-0.3, -0.25) is 24.6 Å². The molecule has 0 aromatic heterocycles. The van der Waals surface area contributed by atoms with Crippen LogP contribution < -0.4 is 10.6 Å². The van der Waals surface area contributed by atoms with Gasteiger partial charge in [0, 0.05) is 42.5 Å². The van der Waals surface area contributed by atoms with Crippen LogP contribution in [-0.2, 0) is 0 Å². The van der Waals surface area contributed by atoms with Crippen molar-refractivity contribution in [3.63, 3.8) is 0 Å². The molecule has 0 bridgehead atoms. The van der Waals surface area contributed by atoms with Gasteiger partial charge in [-0.2, -0.15) is 0 Å². The first-order valence-corrected chi connectivity index (χ1v) is 10.1. The second-order valence-corrected chi connectivity index (χ2v) is 7.31. The Labute approximate surface area is 175 Å². The number of nitrogens with zero attached hydrogens (tertiary/aromatic N) is 3. The van der Waals surface area contributed by atoms with Crippen molar-refractivity contribution in [3.8, 4) is 0 Å². The van der Waals surface area contributed by atoms with Gasteiger partial charge in [-0.15, -0.1) is 0 Å². The van der Waals surface area contributed by atoms with Crippen molar-refractivity contribution < 1.29 is 14.5 Å². The predicted molar refractivity (Wildman–Crippen MR) is 116 cm³/mol. The maximum atomic E-state index is 13.1. The predicted octanol–water partition coefficient (Wildman–Crippen LogP) is 2.32. The average molecular weight is 413 g/mol.